The molecule has 0 amide bonds. The summed E-state index contributed by atoms with van der Waals surface area (Å²) in [7, 11) is 0. The third-order valence-corrected chi connectivity index (χ3v) is 4.42. The molecular formula is C14H26N2O2. The molecule has 4 heteroatoms. The first-order valence-electron chi connectivity index (χ1n) is 7.36. The number of rotatable bonds is 4. The first-order chi connectivity index (χ1) is 8.72. The summed E-state index contributed by atoms with van der Waals surface area (Å²) in [5, 5.41) is 3.60. The molecule has 0 spiro atoms. The van der Waals surface area contributed by atoms with Crippen molar-refractivity contribution in [2.75, 3.05) is 26.2 Å². The minimum atomic E-state index is -0.0811. The van der Waals surface area contributed by atoms with Crippen LogP contribution in [0.15, 0.2) is 0 Å². The first kappa shape index (κ1) is 13.8. The Bertz CT molecular complexity index is 269. The summed E-state index contributed by atoms with van der Waals surface area (Å²) in [4.78, 5) is 14.0. The van der Waals surface area contributed by atoms with Crippen LogP contribution < -0.4 is 5.32 Å². The maximum atomic E-state index is 11.7. The minimum Gasteiger partial charge on any atom is -0.465 e. The van der Waals surface area contributed by atoms with Crippen LogP contribution >= 0.6 is 0 Å². The fourth-order valence-corrected chi connectivity index (χ4v) is 3.23. The van der Waals surface area contributed by atoms with Gasteiger partial charge in [0.2, 0.25) is 0 Å². The van der Waals surface area contributed by atoms with Crippen LogP contribution in [0.1, 0.15) is 39.5 Å². The fraction of sp³-hybridized carbons (Fsp3) is 0.929. The molecule has 2 atom stereocenters. The number of esters is 1. The van der Waals surface area contributed by atoms with Crippen LogP contribution in [0, 0.1) is 5.92 Å². The minimum absolute atomic E-state index is 0.0741. The van der Waals surface area contributed by atoms with E-state index in [0.29, 0.717) is 6.61 Å². The zero-order valence-corrected chi connectivity index (χ0v) is 11.7. The number of carbonyl (C=O) groups excluding carboxylic acids is 1. The molecule has 2 heterocycles. The summed E-state index contributed by atoms with van der Waals surface area (Å²) >= 11 is 0. The number of carbonyl (C=O) groups is 1. The van der Waals surface area contributed by atoms with Gasteiger partial charge in [-0.2, -0.15) is 0 Å². The molecule has 2 aliphatic heterocycles. The second-order valence-electron chi connectivity index (χ2n) is 5.50. The molecular weight excluding hydrogens is 228 g/mol. The predicted octanol–water partition coefficient (Wildman–Crippen LogP) is 1.40. The molecule has 0 bridgehead atoms. The molecule has 104 valence electrons. The van der Waals surface area contributed by atoms with Gasteiger partial charge in [0, 0.05) is 6.04 Å². The van der Waals surface area contributed by atoms with Crippen molar-refractivity contribution in [3.05, 3.63) is 0 Å². The van der Waals surface area contributed by atoms with Crippen LogP contribution in [0.5, 0.6) is 0 Å². The van der Waals surface area contributed by atoms with Crippen molar-refractivity contribution in [1.82, 2.24) is 10.2 Å². The Morgan fingerprint density at radius 3 is 2.67 bits per heavy atom. The summed E-state index contributed by atoms with van der Waals surface area (Å²) in [6, 6.07) is 0.646. The first-order valence-corrected chi connectivity index (χ1v) is 7.36. The van der Waals surface area contributed by atoms with Crippen molar-refractivity contribution in [2.24, 2.45) is 5.92 Å². The zero-order valence-electron chi connectivity index (χ0n) is 11.7. The maximum Gasteiger partial charge on any atom is 0.323 e. The number of hydrogen-bond donors (Lipinski definition) is 1. The molecule has 0 saturated carbocycles. The lowest BCUT2D eigenvalue weighted by atomic mass is 9.88. The zero-order chi connectivity index (χ0) is 13.0. The molecule has 2 fully saturated rings. The van der Waals surface area contributed by atoms with Gasteiger partial charge in [0.15, 0.2) is 0 Å². The second-order valence-corrected chi connectivity index (χ2v) is 5.50. The highest BCUT2D eigenvalue weighted by molar-refractivity contribution is 5.75. The van der Waals surface area contributed by atoms with E-state index in [4.69, 9.17) is 4.74 Å². The van der Waals surface area contributed by atoms with Gasteiger partial charge in [0.05, 0.1) is 6.61 Å². The smallest absolute Gasteiger partial charge is 0.323 e. The lowest BCUT2D eigenvalue weighted by Gasteiger charge is -2.37. The van der Waals surface area contributed by atoms with Crippen molar-refractivity contribution < 1.29 is 9.53 Å². The Hall–Kier alpha value is -0.610. The molecule has 18 heavy (non-hydrogen) atoms. The van der Waals surface area contributed by atoms with Gasteiger partial charge in [-0.25, -0.2) is 0 Å². The molecule has 0 aromatic rings. The van der Waals surface area contributed by atoms with Crippen LogP contribution in [-0.4, -0.2) is 49.2 Å². The number of likely N-dealkylation sites (tertiary alicyclic amines) is 1. The highest BCUT2D eigenvalue weighted by Crippen LogP contribution is 2.26. The summed E-state index contributed by atoms with van der Waals surface area (Å²) in [5.41, 5.74) is 0. The van der Waals surface area contributed by atoms with E-state index in [1.54, 1.807) is 0 Å². The molecule has 0 radical (unpaired) electrons. The van der Waals surface area contributed by atoms with E-state index in [-0.39, 0.29) is 12.0 Å². The highest BCUT2D eigenvalue weighted by Gasteiger charge is 2.31. The molecule has 2 saturated heterocycles. The maximum absolute atomic E-state index is 11.7. The molecule has 1 N–H and O–H groups in total. The van der Waals surface area contributed by atoms with Gasteiger partial charge in [-0.3, -0.25) is 9.69 Å². The van der Waals surface area contributed by atoms with Gasteiger partial charge >= 0.3 is 5.97 Å². The third kappa shape index (κ3) is 3.23. The Balaban J connectivity index is 1.77. The summed E-state index contributed by atoms with van der Waals surface area (Å²) in [6.07, 6.45) is 5.07. The third-order valence-electron chi connectivity index (χ3n) is 4.42. The largest absolute Gasteiger partial charge is 0.465 e. The van der Waals surface area contributed by atoms with Gasteiger partial charge in [-0.1, -0.05) is 0 Å². The normalized spacial score (nSPS) is 28.2. The van der Waals surface area contributed by atoms with Gasteiger partial charge in [0.25, 0.3) is 0 Å². The molecule has 2 aliphatic rings. The Labute approximate surface area is 110 Å². The Morgan fingerprint density at radius 2 is 2.11 bits per heavy atom. The molecule has 2 unspecified atom stereocenters. The summed E-state index contributed by atoms with van der Waals surface area (Å²) in [6.45, 7) is 7.55. The van der Waals surface area contributed by atoms with Crippen LogP contribution in [0.2, 0.25) is 0 Å². The summed E-state index contributed by atoms with van der Waals surface area (Å²) in [5.74, 6) is 0.730. The predicted molar refractivity (Wildman–Crippen MR) is 71.4 cm³/mol. The van der Waals surface area contributed by atoms with Gasteiger partial charge in [-0.15, -0.1) is 0 Å². The van der Waals surface area contributed by atoms with E-state index in [9.17, 15) is 4.79 Å². The second kappa shape index (κ2) is 6.53. The van der Waals surface area contributed by atoms with Crippen LogP contribution in [0.4, 0.5) is 0 Å². The quantitative estimate of drug-likeness (QED) is 0.770. The van der Waals surface area contributed by atoms with Gasteiger partial charge in [0.1, 0.15) is 6.04 Å². The number of hydrogen-bond acceptors (Lipinski definition) is 4. The molecule has 0 aromatic heterocycles. The number of piperidine rings is 1. The SMILES string of the molecule is CCOC(=O)C(C)N1CCC(C2CCCN2)CC1. The number of nitrogens with one attached hydrogen (secondary N) is 1. The van der Waals surface area contributed by atoms with Crippen molar-refractivity contribution in [3.63, 3.8) is 0 Å². The van der Waals surface area contributed by atoms with E-state index in [2.05, 4.69) is 10.2 Å². The lowest BCUT2D eigenvalue weighted by molar-refractivity contribution is -0.149. The monoisotopic (exact) mass is 254 g/mol. The van der Waals surface area contributed by atoms with E-state index < -0.39 is 0 Å². The van der Waals surface area contributed by atoms with E-state index >= 15 is 0 Å². The standard InChI is InChI=1S/C14H26N2O2/c1-3-18-14(17)11(2)16-9-6-12(7-10-16)13-5-4-8-15-13/h11-13,15H,3-10H2,1-2H3. The van der Waals surface area contributed by atoms with Crippen LogP contribution in [0.3, 0.4) is 0 Å². The molecule has 0 aliphatic carbocycles. The molecule has 2 rings (SSSR count). The Kier molecular flexibility index (Phi) is 5.01. The lowest BCUT2D eigenvalue weighted by Crippen LogP contribution is -2.47. The van der Waals surface area contributed by atoms with Crippen LogP contribution in [0.25, 0.3) is 0 Å². The van der Waals surface area contributed by atoms with E-state index in [1.807, 2.05) is 13.8 Å². The Morgan fingerprint density at radius 1 is 1.39 bits per heavy atom. The van der Waals surface area contributed by atoms with Crippen molar-refractivity contribution in [3.8, 4) is 0 Å². The molecule has 0 aromatic carbocycles. The van der Waals surface area contributed by atoms with Crippen LogP contribution in [-0.2, 0) is 9.53 Å². The van der Waals surface area contributed by atoms with Gasteiger partial charge in [-0.05, 0) is 65.1 Å². The van der Waals surface area contributed by atoms with Crippen molar-refractivity contribution >= 4 is 5.97 Å². The average molecular weight is 254 g/mol. The van der Waals surface area contributed by atoms with Crippen molar-refractivity contribution in [1.29, 1.82) is 0 Å². The number of ether oxygens (including phenoxy) is 1. The van der Waals surface area contributed by atoms with E-state index in [1.165, 1.54) is 32.2 Å². The average Bonchev–Trinajstić information content (AvgIpc) is 2.92. The van der Waals surface area contributed by atoms with Crippen molar-refractivity contribution in [2.45, 2.75) is 51.6 Å². The fourth-order valence-electron chi connectivity index (χ4n) is 3.23. The number of nitrogens with zero attached hydrogens (tertiary/aromatic N) is 1. The highest BCUT2D eigenvalue weighted by atomic mass is 16.5. The van der Waals surface area contributed by atoms with Gasteiger partial charge < -0.3 is 10.1 Å². The topological polar surface area (TPSA) is 41.6 Å². The van der Waals surface area contributed by atoms with E-state index in [0.717, 1.165) is 25.0 Å². The summed E-state index contributed by atoms with van der Waals surface area (Å²) < 4.78 is 5.09. The molecule has 4 nitrogen and oxygen atoms in total.